The van der Waals surface area contributed by atoms with Crippen LogP contribution in [0.15, 0.2) is 0 Å². The van der Waals surface area contributed by atoms with E-state index in [0.717, 1.165) is 19.8 Å². The van der Waals surface area contributed by atoms with E-state index in [0.29, 0.717) is 0 Å². The SMILES string of the molecule is CCCCCCCCCCCCCCCCCCCOCC(C)OCCCCCCCCCCCCCCCCCCC. The third-order valence-corrected chi connectivity index (χ3v) is 9.40. The van der Waals surface area contributed by atoms with Crippen LogP contribution in [0.3, 0.4) is 0 Å². The lowest BCUT2D eigenvalue weighted by atomic mass is 10.0. The van der Waals surface area contributed by atoms with Gasteiger partial charge >= 0.3 is 0 Å². The summed E-state index contributed by atoms with van der Waals surface area (Å²) in [5.41, 5.74) is 0. The largest absolute Gasteiger partial charge is 0.379 e. The van der Waals surface area contributed by atoms with Gasteiger partial charge in [0.05, 0.1) is 12.7 Å². The smallest absolute Gasteiger partial charge is 0.0780 e. The third kappa shape index (κ3) is 39.9. The topological polar surface area (TPSA) is 18.5 Å². The fraction of sp³-hybridized carbons (Fsp3) is 1.00. The van der Waals surface area contributed by atoms with Gasteiger partial charge in [-0.2, -0.15) is 0 Å². The molecule has 0 spiro atoms. The molecular weight excluding hydrogens is 524 g/mol. The highest BCUT2D eigenvalue weighted by molar-refractivity contribution is 4.53. The van der Waals surface area contributed by atoms with E-state index < -0.39 is 0 Å². The Morgan fingerprint density at radius 2 is 0.535 bits per heavy atom. The quantitative estimate of drug-likeness (QED) is 0.0646. The van der Waals surface area contributed by atoms with Crippen molar-refractivity contribution in [3.8, 4) is 0 Å². The van der Waals surface area contributed by atoms with Crippen molar-refractivity contribution < 1.29 is 9.47 Å². The van der Waals surface area contributed by atoms with Gasteiger partial charge in [0.25, 0.3) is 0 Å². The van der Waals surface area contributed by atoms with Gasteiger partial charge in [-0.1, -0.05) is 219 Å². The predicted molar refractivity (Wildman–Crippen MR) is 195 cm³/mol. The van der Waals surface area contributed by atoms with E-state index >= 15 is 0 Å². The minimum Gasteiger partial charge on any atom is -0.379 e. The zero-order valence-corrected chi connectivity index (χ0v) is 30.6. The molecule has 1 unspecified atom stereocenters. The maximum Gasteiger partial charge on any atom is 0.0780 e. The van der Waals surface area contributed by atoms with Crippen LogP contribution >= 0.6 is 0 Å². The first-order valence-electron chi connectivity index (χ1n) is 20.5. The maximum absolute atomic E-state index is 5.98. The van der Waals surface area contributed by atoms with Crippen molar-refractivity contribution >= 4 is 0 Å². The lowest BCUT2D eigenvalue weighted by Crippen LogP contribution is -2.17. The van der Waals surface area contributed by atoms with Crippen LogP contribution in [-0.4, -0.2) is 25.9 Å². The van der Waals surface area contributed by atoms with Gasteiger partial charge < -0.3 is 9.47 Å². The van der Waals surface area contributed by atoms with Crippen molar-refractivity contribution in [1.29, 1.82) is 0 Å². The molecule has 260 valence electrons. The molecule has 0 heterocycles. The summed E-state index contributed by atoms with van der Waals surface area (Å²) in [6.07, 6.45) is 48.6. The van der Waals surface area contributed by atoms with Crippen LogP contribution in [0.1, 0.15) is 239 Å². The summed E-state index contributed by atoms with van der Waals surface area (Å²) in [5, 5.41) is 0. The van der Waals surface area contributed by atoms with Crippen molar-refractivity contribution in [2.24, 2.45) is 0 Å². The highest BCUT2D eigenvalue weighted by atomic mass is 16.5. The minimum absolute atomic E-state index is 0.242. The van der Waals surface area contributed by atoms with E-state index in [9.17, 15) is 0 Å². The van der Waals surface area contributed by atoms with Crippen LogP contribution in [0.5, 0.6) is 0 Å². The number of rotatable bonds is 39. The van der Waals surface area contributed by atoms with Crippen molar-refractivity contribution in [1.82, 2.24) is 0 Å². The number of hydrogen-bond donors (Lipinski definition) is 0. The lowest BCUT2D eigenvalue weighted by molar-refractivity contribution is -0.00869. The molecule has 0 radical (unpaired) electrons. The summed E-state index contributed by atoms with van der Waals surface area (Å²) in [4.78, 5) is 0. The van der Waals surface area contributed by atoms with E-state index in [1.165, 1.54) is 218 Å². The summed E-state index contributed by atoms with van der Waals surface area (Å²) < 4.78 is 11.9. The fourth-order valence-corrected chi connectivity index (χ4v) is 6.34. The standard InChI is InChI=1S/C41H84O2/c1-4-6-8-10-12-14-16-18-20-22-24-26-28-30-32-34-36-38-42-40-41(3)43-39-37-35-33-31-29-27-25-23-21-19-17-15-13-11-9-7-5-2/h41H,4-40H2,1-3H3. The van der Waals surface area contributed by atoms with Gasteiger partial charge in [0.1, 0.15) is 0 Å². The van der Waals surface area contributed by atoms with Crippen molar-refractivity contribution in [3.05, 3.63) is 0 Å². The summed E-state index contributed by atoms with van der Waals surface area (Å²) in [6.45, 7) is 9.35. The highest BCUT2D eigenvalue weighted by Gasteiger charge is 2.03. The van der Waals surface area contributed by atoms with E-state index in [-0.39, 0.29) is 6.10 Å². The van der Waals surface area contributed by atoms with Crippen LogP contribution in [0, 0.1) is 0 Å². The Hall–Kier alpha value is -0.0800. The van der Waals surface area contributed by atoms with E-state index in [4.69, 9.17) is 9.47 Å². The number of hydrogen-bond acceptors (Lipinski definition) is 2. The fourth-order valence-electron chi connectivity index (χ4n) is 6.34. The molecule has 0 aliphatic rings. The molecular formula is C41H84O2. The lowest BCUT2D eigenvalue weighted by Gasteiger charge is -2.13. The molecule has 0 saturated carbocycles. The minimum atomic E-state index is 0.242. The van der Waals surface area contributed by atoms with E-state index in [1.54, 1.807) is 0 Å². The van der Waals surface area contributed by atoms with Crippen LogP contribution in [0.4, 0.5) is 0 Å². The van der Waals surface area contributed by atoms with Gasteiger partial charge in [0.2, 0.25) is 0 Å². The maximum atomic E-state index is 5.98. The van der Waals surface area contributed by atoms with Crippen LogP contribution in [0.2, 0.25) is 0 Å². The zero-order chi connectivity index (χ0) is 31.2. The van der Waals surface area contributed by atoms with Crippen molar-refractivity contribution in [2.75, 3.05) is 19.8 Å². The second kappa shape index (κ2) is 39.9. The first-order valence-corrected chi connectivity index (χ1v) is 20.5. The van der Waals surface area contributed by atoms with Crippen LogP contribution in [-0.2, 0) is 9.47 Å². The molecule has 0 amide bonds. The van der Waals surface area contributed by atoms with E-state index in [2.05, 4.69) is 20.8 Å². The Labute approximate surface area is 274 Å². The molecule has 0 N–H and O–H groups in total. The summed E-state index contributed by atoms with van der Waals surface area (Å²) in [5.74, 6) is 0. The Balaban J connectivity index is 3.13. The van der Waals surface area contributed by atoms with Crippen LogP contribution in [0.25, 0.3) is 0 Å². The predicted octanol–water partition coefficient (Wildman–Crippen LogP) is 14.7. The summed E-state index contributed by atoms with van der Waals surface area (Å²) in [7, 11) is 0. The van der Waals surface area contributed by atoms with Gasteiger partial charge in [-0.25, -0.2) is 0 Å². The molecule has 0 fully saturated rings. The Morgan fingerprint density at radius 3 is 0.814 bits per heavy atom. The molecule has 0 aromatic heterocycles. The summed E-state index contributed by atoms with van der Waals surface area (Å²) in [6, 6.07) is 0. The monoisotopic (exact) mass is 609 g/mol. The number of ether oxygens (including phenoxy) is 2. The third-order valence-electron chi connectivity index (χ3n) is 9.40. The number of unbranched alkanes of at least 4 members (excludes halogenated alkanes) is 32. The normalized spacial score (nSPS) is 12.3. The average molecular weight is 609 g/mol. The van der Waals surface area contributed by atoms with Gasteiger partial charge in [-0.05, 0) is 19.8 Å². The van der Waals surface area contributed by atoms with Gasteiger partial charge in [-0.15, -0.1) is 0 Å². The summed E-state index contributed by atoms with van der Waals surface area (Å²) >= 11 is 0. The van der Waals surface area contributed by atoms with Gasteiger partial charge in [0.15, 0.2) is 0 Å². The molecule has 2 heteroatoms. The molecule has 2 nitrogen and oxygen atoms in total. The highest BCUT2D eigenvalue weighted by Crippen LogP contribution is 2.15. The van der Waals surface area contributed by atoms with E-state index in [1.807, 2.05) is 0 Å². The first-order chi connectivity index (χ1) is 21.3. The van der Waals surface area contributed by atoms with Crippen molar-refractivity contribution in [3.63, 3.8) is 0 Å². The Kier molecular flexibility index (Phi) is 39.9. The van der Waals surface area contributed by atoms with Crippen molar-refractivity contribution in [2.45, 2.75) is 245 Å². The van der Waals surface area contributed by atoms with Gasteiger partial charge in [0, 0.05) is 13.2 Å². The molecule has 1 atom stereocenters. The molecule has 0 bridgehead atoms. The molecule has 0 rings (SSSR count). The molecule has 0 aliphatic heterocycles. The molecule has 0 aliphatic carbocycles. The Morgan fingerprint density at radius 1 is 0.302 bits per heavy atom. The van der Waals surface area contributed by atoms with Gasteiger partial charge in [-0.3, -0.25) is 0 Å². The average Bonchev–Trinajstić information content (AvgIpc) is 3.01. The van der Waals surface area contributed by atoms with Crippen LogP contribution < -0.4 is 0 Å². The first kappa shape index (κ1) is 42.9. The second-order valence-corrected chi connectivity index (χ2v) is 14.1. The molecule has 43 heavy (non-hydrogen) atoms. The Bertz CT molecular complexity index is 465. The second-order valence-electron chi connectivity index (χ2n) is 14.1. The molecule has 0 aromatic rings. The molecule has 0 aromatic carbocycles. The zero-order valence-electron chi connectivity index (χ0n) is 30.6. The molecule has 0 saturated heterocycles.